The third kappa shape index (κ3) is 2.15. The molecule has 6 rings (SSSR count). The van der Waals surface area contributed by atoms with E-state index in [0.29, 0.717) is 0 Å². The average molecular weight is 402 g/mol. The molecule has 0 aliphatic carbocycles. The molecule has 0 saturated heterocycles. The molecule has 0 radical (unpaired) electrons. The Kier molecular flexibility index (Phi) is 3.98. The van der Waals surface area contributed by atoms with Crippen molar-refractivity contribution < 1.29 is 0 Å². The minimum absolute atomic E-state index is 0.467. The molecule has 0 amide bonds. The van der Waals surface area contributed by atoms with Crippen molar-refractivity contribution >= 4 is 47.0 Å². The van der Waals surface area contributed by atoms with Gasteiger partial charge in [0.05, 0.1) is 15.9 Å². The van der Waals surface area contributed by atoms with Crippen LogP contribution in [-0.2, 0) is 0 Å². The second-order valence-electron chi connectivity index (χ2n) is 8.59. The van der Waals surface area contributed by atoms with Crippen LogP contribution in [0.1, 0.15) is 40.3 Å². The number of hydrogen-bond acceptors (Lipinski definition) is 0. The van der Waals surface area contributed by atoms with Gasteiger partial charge in [-0.05, 0) is 127 Å². The van der Waals surface area contributed by atoms with Crippen molar-refractivity contribution in [3.05, 3.63) is 75.9 Å². The van der Waals surface area contributed by atoms with Gasteiger partial charge in [0.15, 0.2) is 0 Å². The maximum absolute atomic E-state index is 2.58. The first kappa shape index (κ1) is 18.5. The van der Waals surface area contributed by atoms with Crippen molar-refractivity contribution in [2.45, 2.75) is 48.5 Å². The highest BCUT2D eigenvalue weighted by molar-refractivity contribution is 8.05. The van der Waals surface area contributed by atoms with Crippen LogP contribution in [0.5, 0.6) is 0 Å². The van der Waals surface area contributed by atoms with Crippen LogP contribution < -0.4 is 31.8 Å². The normalized spacial score (nSPS) is 21.3. The van der Waals surface area contributed by atoms with E-state index in [2.05, 4.69) is 91.0 Å². The van der Waals surface area contributed by atoms with Gasteiger partial charge in [0, 0.05) is 15.9 Å². The van der Waals surface area contributed by atoms with Crippen LogP contribution in [0.4, 0.5) is 0 Å². The molecule has 142 valence electrons. The summed E-state index contributed by atoms with van der Waals surface area (Å²) < 4.78 is 0. The summed E-state index contributed by atoms with van der Waals surface area (Å²) in [5.41, 5.74) is 8.58. The first-order valence-electron chi connectivity index (χ1n) is 10.1. The third-order valence-corrected chi connectivity index (χ3v) is 14.3. The summed E-state index contributed by atoms with van der Waals surface area (Å²) in [5, 5.41) is 9.77. The monoisotopic (exact) mass is 402 g/mol. The maximum atomic E-state index is 2.58. The Balaban J connectivity index is 2.00. The Morgan fingerprint density at radius 1 is 0.536 bits per heavy atom. The van der Waals surface area contributed by atoms with Crippen molar-refractivity contribution in [1.82, 2.24) is 0 Å². The lowest BCUT2D eigenvalue weighted by atomic mass is 10.1. The predicted molar refractivity (Wildman–Crippen MR) is 129 cm³/mol. The van der Waals surface area contributed by atoms with E-state index in [1.165, 1.54) is 33.4 Å². The molecule has 0 spiro atoms. The highest BCUT2D eigenvalue weighted by Gasteiger charge is 2.53. The van der Waals surface area contributed by atoms with Crippen LogP contribution in [-0.4, -0.2) is 0 Å². The quantitative estimate of drug-likeness (QED) is 0.418. The van der Waals surface area contributed by atoms with Crippen molar-refractivity contribution in [2.24, 2.45) is 0 Å². The Bertz CT molecular complexity index is 1030. The lowest BCUT2D eigenvalue weighted by molar-refractivity contribution is 1.35. The largest absolute Gasteiger partial charge is 0.156 e. The van der Waals surface area contributed by atoms with Gasteiger partial charge >= 0.3 is 0 Å². The summed E-state index contributed by atoms with van der Waals surface area (Å²) in [6.45, 7) is 16.0. The number of rotatable bonds is 1. The highest BCUT2D eigenvalue weighted by Crippen LogP contribution is 2.65. The van der Waals surface area contributed by atoms with Crippen LogP contribution in [0.25, 0.3) is 0 Å². The Morgan fingerprint density at radius 2 is 0.821 bits per heavy atom. The standard InChI is InChI=1S/C26H28P2/c1-8-28-24-12-18(5)15(2)9-21(24)27(22-10-16(3)19(6)13-25(22)28)23-11-17(4)20(7)14-26(23)28/h8-14H,1-7H3. The fourth-order valence-electron chi connectivity index (χ4n) is 4.94. The van der Waals surface area contributed by atoms with Crippen LogP contribution in [0.3, 0.4) is 0 Å². The molecule has 0 nitrogen and oxygen atoms in total. The molecule has 2 heteroatoms. The average Bonchev–Trinajstić information content (AvgIpc) is 2.65. The van der Waals surface area contributed by atoms with Crippen molar-refractivity contribution in [3.63, 3.8) is 0 Å². The van der Waals surface area contributed by atoms with E-state index >= 15 is 0 Å². The molecule has 0 fully saturated rings. The summed E-state index contributed by atoms with van der Waals surface area (Å²) in [6.07, 6.45) is 2.58. The van der Waals surface area contributed by atoms with E-state index in [4.69, 9.17) is 0 Å². The molecule has 3 heterocycles. The zero-order valence-corrected chi connectivity index (χ0v) is 19.7. The van der Waals surface area contributed by atoms with Gasteiger partial charge in [0.25, 0.3) is 0 Å². The molecule has 0 N–H and O–H groups in total. The van der Waals surface area contributed by atoms with E-state index in [-0.39, 0.29) is 0 Å². The molecule has 0 aromatic heterocycles. The van der Waals surface area contributed by atoms with Gasteiger partial charge in [-0.15, -0.1) is 0 Å². The Morgan fingerprint density at radius 3 is 1.11 bits per heavy atom. The topological polar surface area (TPSA) is 0 Å². The van der Waals surface area contributed by atoms with Gasteiger partial charge in [-0.3, -0.25) is 0 Å². The number of benzene rings is 3. The van der Waals surface area contributed by atoms with Gasteiger partial charge in [-0.25, -0.2) is 0 Å². The fourth-order valence-corrected chi connectivity index (χ4v) is 14.0. The lowest BCUT2D eigenvalue weighted by Crippen LogP contribution is -2.58. The summed E-state index contributed by atoms with van der Waals surface area (Å²) in [5.74, 6) is 0. The first-order valence-corrected chi connectivity index (χ1v) is 13.3. The van der Waals surface area contributed by atoms with Crippen LogP contribution in [0.15, 0.2) is 36.4 Å². The zero-order chi connectivity index (χ0) is 20.0. The molecule has 3 aromatic carbocycles. The maximum Gasteiger partial charge on any atom is 0.0836 e. The zero-order valence-electron chi connectivity index (χ0n) is 17.9. The van der Waals surface area contributed by atoms with E-state index in [1.54, 1.807) is 31.8 Å². The molecule has 2 bridgehead atoms. The lowest BCUT2D eigenvalue weighted by Gasteiger charge is -2.49. The van der Waals surface area contributed by atoms with E-state index in [1.807, 2.05) is 0 Å². The van der Waals surface area contributed by atoms with E-state index in [9.17, 15) is 0 Å². The molecule has 3 aromatic rings. The van der Waals surface area contributed by atoms with Crippen LogP contribution in [0.2, 0.25) is 0 Å². The Hall–Kier alpha value is -1.48. The van der Waals surface area contributed by atoms with E-state index in [0.717, 1.165) is 0 Å². The van der Waals surface area contributed by atoms with Gasteiger partial charge in [-0.2, -0.15) is 13.1 Å². The molecule has 3 aliphatic heterocycles. The molecule has 0 saturated carbocycles. The minimum Gasteiger partial charge on any atom is -0.156 e. The smallest absolute Gasteiger partial charge is 0.0836 e. The Labute approximate surface area is 171 Å². The molecule has 0 atom stereocenters. The van der Waals surface area contributed by atoms with Gasteiger partial charge in [-0.1, -0.05) is 0 Å². The molecular weight excluding hydrogens is 374 g/mol. The van der Waals surface area contributed by atoms with Crippen LogP contribution >= 0.6 is 15.2 Å². The van der Waals surface area contributed by atoms with Crippen molar-refractivity contribution in [1.29, 1.82) is 0 Å². The molecular formula is C26H28P2. The van der Waals surface area contributed by atoms with Crippen molar-refractivity contribution in [3.8, 4) is 0 Å². The minimum atomic E-state index is -1.71. The summed E-state index contributed by atoms with van der Waals surface area (Å²) >= 11 is 0. The third-order valence-electron chi connectivity index (χ3n) is 7.02. The fraction of sp³-hybridized carbons (Fsp3) is 0.269. The van der Waals surface area contributed by atoms with Crippen molar-refractivity contribution in [2.75, 3.05) is 0 Å². The first-order chi connectivity index (χ1) is 13.3. The summed E-state index contributed by atoms with van der Waals surface area (Å²) in [6, 6.07) is 15.2. The van der Waals surface area contributed by atoms with Gasteiger partial charge in [0.1, 0.15) is 0 Å². The van der Waals surface area contributed by atoms with Gasteiger partial charge < -0.3 is 0 Å². The molecule has 28 heavy (non-hydrogen) atoms. The summed E-state index contributed by atoms with van der Waals surface area (Å²) in [7, 11) is -2.17. The predicted octanol–water partition coefficient (Wildman–Crippen LogP) is 4.40. The summed E-state index contributed by atoms with van der Waals surface area (Å²) in [4.78, 5) is 0. The van der Waals surface area contributed by atoms with Crippen LogP contribution in [0, 0.1) is 47.7 Å². The molecule has 3 aliphatic rings. The van der Waals surface area contributed by atoms with Gasteiger partial charge in [0.2, 0.25) is 0 Å². The number of hydrogen-bond donors (Lipinski definition) is 0. The van der Waals surface area contributed by atoms with E-state index < -0.39 is 15.2 Å². The second-order valence-corrected chi connectivity index (χ2v) is 14.1. The second kappa shape index (κ2) is 6.01. The molecule has 0 unspecified atom stereocenters. The highest BCUT2D eigenvalue weighted by atomic mass is 31.2. The SMILES string of the molecule is C[CH-][P+]12c3cc(C)c(C)cc3P(c3cc(C)c(C)cc31)c1cc(C)c(C)cc12. The number of aryl methyl sites for hydroxylation is 6.